The molecule has 22 heavy (non-hydrogen) atoms. The highest BCUT2D eigenvalue weighted by atomic mass is 32.2. The van der Waals surface area contributed by atoms with Crippen LogP contribution in [0.25, 0.3) is 0 Å². The van der Waals surface area contributed by atoms with Crippen LogP contribution in [0.1, 0.15) is 37.3 Å². The summed E-state index contributed by atoms with van der Waals surface area (Å²) in [5.74, 6) is 5.15. The smallest absolute Gasteiger partial charge is 0.314 e. The number of carbonyl (C=O) groups excluding carboxylic acids is 1. The Balaban J connectivity index is 1.39. The summed E-state index contributed by atoms with van der Waals surface area (Å²) in [5, 5.41) is 14.5. The summed E-state index contributed by atoms with van der Waals surface area (Å²) in [4.78, 5) is 11.8. The molecular formula is C15H25N5OS. The van der Waals surface area contributed by atoms with E-state index in [0.29, 0.717) is 12.5 Å². The van der Waals surface area contributed by atoms with Gasteiger partial charge in [-0.2, -0.15) is 11.8 Å². The Morgan fingerprint density at radius 3 is 3.09 bits per heavy atom. The summed E-state index contributed by atoms with van der Waals surface area (Å²) in [6.45, 7) is 2.42. The third-order valence-corrected chi connectivity index (χ3v) is 5.63. The molecule has 0 aliphatic carbocycles. The van der Waals surface area contributed by atoms with Crippen LogP contribution >= 0.6 is 11.8 Å². The summed E-state index contributed by atoms with van der Waals surface area (Å²) in [5.41, 5.74) is 0. The lowest BCUT2D eigenvalue weighted by Crippen LogP contribution is -2.39. The van der Waals surface area contributed by atoms with Crippen molar-refractivity contribution in [3.8, 4) is 0 Å². The van der Waals surface area contributed by atoms with Gasteiger partial charge in [-0.05, 0) is 36.7 Å². The molecule has 1 saturated heterocycles. The first-order chi connectivity index (χ1) is 10.8. The molecule has 1 aromatic heterocycles. The largest absolute Gasteiger partial charge is 0.338 e. The second-order valence-corrected chi connectivity index (χ2v) is 7.26. The van der Waals surface area contributed by atoms with Gasteiger partial charge in [-0.25, -0.2) is 4.79 Å². The zero-order valence-corrected chi connectivity index (χ0v) is 13.8. The number of rotatable bonds is 5. The minimum Gasteiger partial charge on any atom is -0.338 e. The van der Waals surface area contributed by atoms with E-state index < -0.39 is 0 Å². The van der Waals surface area contributed by atoms with Crippen molar-refractivity contribution >= 4 is 17.8 Å². The van der Waals surface area contributed by atoms with E-state index in [1.807, 2.05) is 11.8 Å². The number of thioether (sulfide) groups is 1. The van der Waals surface area contributed by atoms with Gasteiger partial charge in [-0.1, -0.05) is 6.42 Å². The molecule has 2 N–H and O–H groups in total. The van der Waals surface area contributed by atoms with E-state index >= 15 is 0 Å². The molecule has 2 aliphatic heterocycles. The van der Waals surface area contributed by atoms with Gasteiger partial charge in [0.15, 0.2) is 0 Å². The number of amides is 2. The molecule has 1 atom stereocenters. The number of aryl methyl sites for hydroxylation is 1. The van der Waals surface area contributed by atoms with Crippen LogP contribution in [-0.4, -0.2) is 45.4 Å². The maximum atomic E-state index is 11.8. The molecule has 0 spiro atoms. The quantitative estimate of drug-likeness (QED) is 0.863. The first-order valence-electron chi connectivity index (χ1n) is 8.33. The van der Waals surface area contributed by atoms with Gasteiger partial charge in [0.05, 0.1) is 0 Å². The van der Waals surface area contributed by atoms with Crippen LogP contribution < -0.4 is 10.6 Å². The predicted molar refractivity (Wildman–Crippen MR) is 88.1 cm³/mol. The van der Waals surface area contributed by atoms with Gasteiger partial charge in [-0.15, -0.1) is 10.2 Å². The Kier molecular flexibility index (Phi) is 5.58. The molecule has 0 unspecified atom stereocenters. The maximum absolute atomic E-state index is 11.8. The fourth-order valence-electron chi connectivity index (χ4n) is 3.06. The van der Waals surface area contributed by atoms with E-state index in [0.717, 1.165) is 37.6 Å². The van der Waals surface area contributed by atoms with Gasteiger partial charge in [0.1, 0.15) is 11.6 Å². The van der Waals surface area contributed by atoms with E-state index in [9.17, 15) is 4.79 Å². The van der Waals surface area contributed by atoms with Crippen LogP contribution in [0.4, 0.5) is 4.79 Å². The Labute approximate surface area is 135 Å². The molecule has 0 aromatic carbocycles. The minimum atomic E-state index is -0.0625. The summed E-state index contributed by atoms with van der Waals surface area (Å²) >= 11 is 1.98. The average molecular weight is 323 g/mol. The van der Waals surface area contributed by atoms with Crippen LogP contribution in [0.15, 0.2) is 0 Å². The van der Waals surface area contributed by atoms with Crippen molar-refractivity contribution in [3.05, 3.63) is 11.6 Å². The lowest BCUT2D eigenvalue weighted by atomic mass is 10.1. The van der Waals surface area contributed by atoms with Crippen LogP contribution in [0, 0.1) is 5.92 Å². The number of nitrogens with one attached hydrogen (secondary N) is 2. The number of fused-ring (bicyclic) bond motifs is 1. The highest BCUT2D eigenvalue weighted by Crippen LogP contribution is 2.22. The molecule has 6 nitrogen and oxygen atoms in total. The van der Waals surface area contributed by atoms with Gasteiger partial charge in [0.25, 0.3) is 0 Å². The SMILES string of the molecule is O=C(NCCc1nnc2n1CCCCC2)NC[C@H]1CCSC1. The number of hydrogen-bond acceptors (Lipinski definition) is 4. The van der Waals surface area contributed by atoms with Crippen molar-refractivity contribution in [1.29, 1.82) is 0 Å². The van der Waals surface area contributed by atoms with Crippen LogP contribution in [0.5, 0.6) is 0 Å². The average Bonchev–Trinajstić information content (AvgIpc) is 3.11. The zero-order valence-electron chi connectivity index (χ0n) is 13.0. The number of urea groups is 1. The molecule has 3 heterocycles. The summed E-state index contributed by atoms with van der Waals surface area (Å²) in [6.07, 6.45) is 6.67. The van der Waals surface area contributed by atoms with Gasteiger partial charge >= 0.3 is 6.03 Å². The van der Waals surface area contributed by atoms with Crippen LogP contribution in [0.3, 0.4) is 0 Å². The Morgan fingerprint density at radius 2 is 2.23 bits per heavy atom. The van der Waals surface area contributed by atoms with E-state index in [1.54, 1.807) is 0 Å². The highest BCUT2D eigenvalue weighted by Gasteiger charge is 2.17. The molecule has 0 bridgehead atoms. The molecular weight excluding hydrogens is 298 g/mol. The van der Waals surface area contributed by atoms with Crippen LogP contribution in [-0.2, 0) is 19.4 Å². The van der Waals surface area contributed by atoms with Gasteiger partial charge in [0, 0.05) is 32.5 Å². The lowest BCUT2D eigenvalue weighted by Gasteiger charge is -2.11. The third kappa shape index (κ3) is 4.15. The highest BCUT2D eigenvalue weighted by molar-refractivity contribution is 7.99. The van der Waals surface area contributed by atoms with E-state index in [-0.39, 0.29) is 6.03 Å². The second kappa shape index (κ2) is 7.85. The van der Waals surface area contributed by atoms with E-state index in [4.69, 9.17) is 0 Å². The number of nitrogens with zero attached hydrogens (tertiary/aromatic N) is 3. The van der Waals surface area contributed by atoms with Gasteiger partial charge in [-0.3, -0.25) is 0 Å². The third-order valence-electron chi connectivity index (χ3n) is 4.40. The van der Waals surface area contributed by atoms with Crippen molar-refractivity contribution in [2.75, 3.05) is 24.6 Å². The topological polar surface area (TPSA) is 71.8 Å². The van der Waals surface area contributed by atoms with Gasteiger partial charge < -0.3 is 15.2 Å². The first-order valence-corrected chi connectivity index (χ1v) is 9.49. The standard InChI is InChI=1S/C15H25N5OS/c21-15(17-10-12-6-9-22-11-12)16-7-5-14-19-18-13-4-2-1-3-8-20(13)14/h12H,1-11H2,(H2,16,17,21)/t12-/m1/s1. The Morgan fingerprint density at radius 1 is 1.27 bits per heavy atom. The second-order valence-electron chi connectivity index (χ2n) is 6.11. The van der Waals surface area contributed by atoms with E-state index in [1.165, 1.54) is 37.2 Å². The molecule has 1 fully saturated rings. The summed E-state index contributed by atoms with van der Waals surface area (Å²) in [7, 11) is 0. The Hall–Kier alpha value is -1.24. The van der Waals surface area contributed by atoms with Crippen molar-refractivity contribution in [3.63, 3.8) is 0 Å². The molecule has 3 rings (SSSR count). The zero-order chi connectivity index (χ0) is 15.2. The monoisotopic (exact) mass is 323 g/mol. The molecule has 0 radical (unpaired) electrons. The molecule has 7 heteroatoms. The maximum Gasteiger partial charge on any atom is 0.314 e. The van der Waals surface area contributed by atoms with Crippen molar-refractivity contribution in [1.82, 2.24) is 25.4 Å². The summed E-state index contributed by atoms with van der Waals surface area (Å²) in [6, 6.07) is -0.0625. The lowest BCUT2D eigenvalue weighted by molar-refractivity contribution is 0.239. The van der Waals surface area contributed by atoms with Crippen molar-refractivity contribution < 1.29 is 4.79 Å². The van der Waals surface area contributed by atoms with Gasteiger partial charge in [0.2, 0.25) is 0 Å². The van der Waals surface area contributed by atoms with E-state index in [2.05, 4.69) is 25.4 Å². The minimum absolute atomic E-state index is 0.0625. The van der Waals surface area contributed by atoms with Crippen molar-refractivity contribution in [2.45, 2.75) is 45.1 Å². The number of aromatic nitrogens is 3. The number of carbonyl (C=O) groups is 1. The molecule has 2 aliphatic rings. The molecule has 2 amide bonds. The summed E-state index contributed by atoms with van der Waals surface area (Å²) < 4.78 is 2.24. The first kappa shape index (κ1) is 15.6. The Bertz CT molecular complexity index is 498. The van der Waals surface area contributed by atoms with Crippen LogP contribution in [0.2, 0.25) is 0 Å². The normalized spacial score (nSPS) is 21.2. The molecule has 122 valence electrons. The molecule has 0 saturated carbocycles. The fraction of sp³-hybridized carbons (Fsp3) is 0.800. The molecule has 1 aromatic rings. The van der Waals surface area contributed by atoms with Crippen molar-refractivity contribution in [2.24, 2.45) is 5.92 Å². The predicted octanol–water partition coefficient (Wildman–Crippen LogP) is 1.60. The fourth-order valence-corrected chi connectivity index (χ4v) is 4.35. The number of hydrogen-bond donors (Lipinski definition) is 2.